The minimum Gasteiger partial charge on any atom is -0.490 e. The molecule has 1 heterocycles. The Labute approximate surface area is 213 Å². The molecule has 1 aliphatic heterocycles. The van der Waals surface area contributed by atoms with Gasteiger partial charge in [-0.25, -0.2) is 4.39 Å². The molecule has 1 aliphatic carbocycles. The van der Waals surface area contributed by atoms with Gasteiger partial charge in [-0.1, -0.05) is 18.1 Å². The fourth-order valence-corrected chi connectivity index (χ4v) is 5.00. The molecule has 1 N–H and O–H groups in total. The van der Waals surface area contributed by atoms with Crippen LogP contribution < -0.4 is 10.1 Å². The molecule has 4 rings (SSSR count). The second-order valence-corrected chi connectivity index (χ2v) is 9.39. The van der Waals surface area contributed by atoms with Crippen molar-refractivity contribution in [1.29, 1.82) is 5.26 Å². The first-order chi connectivity index (χ1) is 17.7. The summed E-state index contributed by atoms with van der Waals surface area (Å²) in [7, 11) is 0. The minimum atomic E-state index is -4.52. The molecule has 37 heavy (non-hydrogen) atoms. The maximum atomic E-state index is 13.4. The monoisotopic (exact) mass is 513 g/mol. The van der Waals surface area contributed by atoms with E-state index in [2.05, 4.69) is 17.3 Å². The Morgan fingerprint density at radius 2 is 1.73 bits per heavy atom. The number of carbonyl (C=O) groups excluding carboxylic acids is 1. The van der Waals surface area contributed by atoms with Crippen molar-refractivity contribution in [3.8, 4) is 35.3 Å². The van der Waals surface area contributed by atoms with Gasteiger partial charge in [-0.3, -0.25) is 4.79 Å². The Hall–Kier alpha value is -3.56. The molecule has 0 bridgehead atoms. The van der Waals surface area contributed by atoms with Crippen LogP contribution in [0.3, 0.4) is 0 Å². The Bertz CT molecular complexity index is 1170. The number of amides is 1. The highest BCUT2D eigenvalue weighted by molar-refractivity contribution is 5.80. The van der Waals surface area contributed by atoms with E-state index in [0.717, 1.165) is 12.1 Å². The molecule has 2 aliphatic rings. The van der Waals surface area contributed by atoms with Crippen molar-refractivity contribution in [2.75, 3.05) is 6.54 Å². The number of likely N-dealkylation sites (tertiary alicyclic amines) is 1. The number of hydrogen-bond donors (Lipinski definition) is 1. The van der Waals surface area contributed by atoms with Crippen LogP contribution in [0.15, 0.2) is 42.5 Å². The second kappa shape index (κ2) is 11.2. The van der Waals surface area contributed by atoms with Gasteiger partial charge in [0.25, 0.3) is 0 Å². The summed E-state index contributed by atoms with van der Waals surface area (Å²) >= 11 is 0. The van der Waals surface area contributed by atoms with Gasteiger partial charge in [0.1, 0.15) is 17.6 Å². The first-order valence-corrected chi connectivity index (χ1v) is 12.2. The standard InChI is InChI=1S/C28H27F4N3O2/c1-2-22-10-11-23(16-33)35(22)27(36)17-34-21-8-12-24(13-9-21)37-26-14-5-19(28(30,31)32)15-25(26)18-3-6-20(29)7-4-18/h1,3-7,14-15,21-24,34H,8-13,17H2/t21-,22-,23-,24-/m0/s1. The Kier molecular flexibility index (Phi) is 8.04. The van der Waals surface area contributed by atoms with E-state index in [4.69, 9.17) is 11.2 Å². The number of nitrogens with one attached hydrogen (secondary N) is 1. The normalized spacial score (nSPS) is 23.8. The molecule has 5 nitrogen and oxygen atoms in total. The lowest BCUT2D eigenvalue weighted by molar-refractivity contribution is -0.137. The molecule has 1 saturated heterocycles. The maximum absolute atomic E-state index is 13.4. The van der Waals surface area contributed by atoms with Crippen molar-refractivity contribution < 1.29 is 27.1 Å². The Balaban J connectivity index is 1.37. The van der Waals surface area contributed by atoms with E-state index >= 15 is 0 Å². The lowest BCUT2D eigenvalue weighted by Gasteiger charge is -2.31. The van der Waals surface area contributed by atoms with Crippen LogP contribution in [0.2, 0.25) is 0 Å². The molecule has 194 valence electrons. The van der Waals surface area contributed by atoms with Crippen LogP contribution in [0, 0.1) is 29.5 Å². The zero-order valence-corrected chi connectivity index (χ0v) is 20.1. The van der Waals surface area contributed by atoms with Crippen LogP contribution in [-0.2, 0) is 11.0 Å². The molecular formula is C28H27F4N3O2. The molecule has 0 aromatic heterocycles. The third-order valence-electron chi connectivity index (χ3n) is 6.99. The predicted octanol–water partition coefficient (Wildman–Crippen LogP) is 5.31. The van der Waals surface area contributed by atoms with Gasteiger partial charge in [0, 0.05) is 11.6 Å². The van der Waals surface area contributed by atoms with E-state index in [9.17, 15) is 27.6 Å². The van der Waals surface area contributed by atoms with Crippen LogP contribution in [0.1, 0.15) is 44.1 Å². The summed E-state index contributed by atoms with van der Waals surface area (Å²) in [4.78, 5) is 14.2. The fraction of sp³-hybridized carbons (Fsp3) is 0.429. The highest BCUT2D eigenvalue weighted by Crippen LogP contribution is 2.38. The lowest BCUT2D eigenvalue weighted by atomic mass is 9.92. The molecule has 0 radical (unpaired) electrons. The van der Waals surface area contributed by atoms with Gasteiger partial charge in [0.15, 0.2) is 0 Å². The Morgan fingerprint density at radius 3 is 2.35 bits per heavy atom. The van der Waals surface area contributed by atoms with E-state index in [1.54, 1.807) is 0 Å². The summed E-state index contributed by atoms with van der Waals surface area (Å²) in [5.74, 6) is 2.22. The van der Waals surface area contributed by atoms with E-state index in [0.29, 0.717) is 49.8 Å². The van der Waals surface area contributed by atoms with Crippen LogP contribution in [-0.4, -0.2) is 41.6 Å². The molecule has 2 atom stereocenters. The molecule has 1 amide bonds. The number of nitriles is 1. The molecule has 2 aromatic carbocycles. The highest BCUT2D eigenvalue weighted by atomic mass is 19.4. The number of ether oxygens (including phenoxy) is 1. The van der Waals surface area contributed by atoms with Gasteiger partial charge in [-0.2, -0.15) is 18.4 Å². The molecular weight excluding hydrogens is 486 g/mol. The number of nitrogens with zero attached hydrogens (tertiary/aromatic N) is 2. The van der Waals surface area contributed by atoms with Gasteiger partial charge >= 0.3 is 6.18 Å². The topological polar surface area (TPSA) is 65.4 Å². The van der Waals surface area contributed by atoms with Gasteiger partial charge in [-0.15, -0.1) is 6.42 Å². The summed E-state index contributed by atoms with van der Waals surface area (Å²) in [6, 6.07) is 9.93. The summed E-state index contributed by atoms with van der Waals surface area (Å²) in [5, 5.41) is 12.6. The summed E-state index contributed by atoms with van der Waals surface area (Å²) in [6.45, 7) is 0.0835. The SMILES string of the molecule is C#C[C@H]1CC[C@@H](C#N)N1C(=O)CN[C@H]1CC[C@H](Oc2ccc(C(F)(F)F)cc2-c2ccc(F)cc2)CC1. The van der Waals surface area contributed by atoms with E-state index in [1.807, 2.05) is 0 Å². The first kappa shape index (κ1) is 26.5. The average molecular weight is 514 g/mol. The van der Waals surface area contributed by atoms with Crippen LogP contribution >= 0.6 is 0 Å². The van der Waals surface area contributed by atoms with E-state index in [-0.39, 0.29) is 36.2 Å². The number of alkyl halides is 3. The molecule has 0 spiro atoms. The quantitative estimate of drug-likeness (QED) is 0.420. The van der Waals surface area contributed by atoms with Crippen molar-refractivity contribution in [2.45, 2.75) is 68.9 Å². The third kappa shape index (κ3) is 6.23. The van der Waals surface area contributed by atoms with Crippen molar-refractivity contribution in [3.63, 3.8) is 0 Å². The second-order valence-electron chi connectivity index (χ2n) is 9.39. The van der Waals surface area contributed by atoms with Gasteiger partial charge in [0.05, 0.1) is 30.3 Å². The zero-order valence-electron chi connectivity index (χ0n) is 20.1. The fourth-order valence-electron chi connectivity index (χ4n) is 5.00. The molecule has 9 heteroatoms. The number of hydrogen-bond acceptors (Lipinski definition) is 4. The minimum absolute atomic E-state index is 0.0698. The Morgan fingerprint density at radius 1 is 1.05 bits per heavy atom. The zero-order chi connectivity index (χ0) is 26.6. The summed E-state index contributed by atoms with van der Waals surface area (Å²) < 4.78 is 59.5. The van der Waals surface area contributed by atoms with Crippen LogP contribution in [0.25, 0.3) is 11.1 Å². The molecule has 1 saturated carbocycles. The molecule has 2 fully saturated rings. The maximum Gasteiger partial charge on any atom is 0.416 e. The molecule has 0 unspecified atom stereocenters. The van der Waals surface area contributed by atoms with E-state index < -0.39 is 23.6 Å². The van der Waals surface area contributed by atoms with Gasteiger partial charge in [-0.05, 0) is 74.4 Å². The van der Waals surface area contributed by atoms with Crippen molar-refractivity contribution in [3.05, 3.63) is 53.8 Å². The summed E-state index contributed by atoms with van der Waals surface area (Å²) in [6.07, 6.45) is 4.70. The van der Waals surface area contributed by atoms with Gasteiger partial charge in [0.2, 0.25) is 5.91 Å². The van der Waals surface area contributed by atoms with E-state index in [1.165, 1.54) is 35.2 Å². The molecule has 2 aromatic rings. The number of carbonyl (C=O) groups is 1. The van der Waals surface area contributed by atoms with Crippen molar-refractivity contribution in [2.24, 2.45) is 0 Å². The van der Waals surface area contributed by atoms with Gasteiger partial charge < -0.3 is 15.0 Å². The highest BCUT2D eigenvalue weighted by Gasteiger charge is 2.36. The third-order valence-corrected chi connectivity index (χ3v) is 6.99. The number of terminal acetylenes is 1. The summed E-state index contributed by atoms with van der Waals surface area (Å²) in [5.41, 5.74) is -0.124. The number of rotatable bonds is 6. The predicted molar refractivity (Wildman–Crippen MR) is 130 cm³/mol. The van der Waals surface area contributed by atoms with Crippen LogP contribution in [0.4, 0.5) is 17.6 Å². The number of halogens is 4. The number of benzene rings is 2. The first-order valence-electron chi connectivity index (χ1n) is 12.2. The van der Waals surface area contributed by atoms with Crippen molar-refractivity contribution >= 4 is 5.91 Å². The average Bonchev–Trinajstić information content (AvgIpc) is 3.32. The lowest BCUT2D eigenvalue weighted by Crippen LogP contribution is -2.47. The van der Waals surface area contributed by atoms with Crippen molar-refractivity contribution in [1.82, 2.24) is 10.2 Å². The smallest absolute Gasteiger partial charge is 0.416 e. The van der Waals surface area contributed by atoms with Crippen LogP contribution in [0.5, 0.6) is 5.75 Å². The largest absolute Gasteiger partial charge is 0.490 e.